The predicted molar refractivity (Wildman–Crippen MR) is 132 cm³/mol. The summed E-state index contributed by atoms with van der Waals surface area (Å²) in [7, 11) is 0. The van der Waals surface area contributed by atoms with Gasteiger partial charge in [0.05, 0.1) is 12.8 Å². The van der Waals surface area contributed by atoms with Gasteiger partial charge in [-0.05, 0) is 90.8 Å². The number of esters is 1. The van der Waals surface area contributed by atoms with Crippen LogP contribution in [0.15, 0.2) is 0 Å². The minimum Gasteiger partial charge on any atom is -0.481 e. The molecule has 2 N–H and O–H groups in total. The first kappa shape index (κ1) is 27.9. The quantitative estimate of drug-likeness (QED) is 0.428. The Kier molecular flexibility index (Phi) is 7.50. The fraction of sp³-hybridized carbons (Fsp3) is 0.667. The Hall–Kier alpha value is -2.65. The van der Waals surface area contributed by atoms with Crippen molar-refractivity contribution in [3.05, 3.63) is 22.3 Å². The lowest BCUT2D eigenvalue weighted by molar-refractivity contribution is -0.248. The molecule has 0 saturated carbocycles. The van der Waals surface area contributed by atoms with Crippen molar-refractivity contribution in [2.24, 2.45) is 5.92 Å². The molecule has 2 atom stereocenters. The van der Waals surface area contributed by atoms with Crippen molar-refractivity contribution in [1.82, 2.24) is 10.4 Å². The number of carboxylic acid groups (broad SMARTS) is 1. The molecule has 1 amide bonds. The number of carbonyl (C=O) groups is 3. The Balaban J connectivity index is 1.76. The summed E-state index contributed by atoms with van der Waals surface area (Å²) >= 11 is 0. The molecule has 0 aromatic heterocycles. The molecule has 36 heavy (non-hydrogen) atoms. The first-order valence-corrected chi connectivity index (χ1v) is 12.5. The molecule has 1 radical (unpaired) electrons. The molecule has 1 aromatic rings. The zero-order valence-corrected chi connectivity index (χ0v) is 22.7. The van der Waals surface area contributed by atoms with Gasteiger partial charge in [-0.15, -0.1) is 10.3 Å². The van der Waals surface area contributed by atoms with Gasteiger partial charge < -0.3 is 19.9 Å². The molecule has 2 heterocycles. The molecule has 2 unspecified atom stereocenters. The Morgan fingerprint density at radius 1 is 1.06 bits per heavy atom. The number of carboxylic acids is 1. The van der Waals surface area contributed by atoms with E-state index in [-0.39, 0.29) is 24.7 Å². The van der Waals surface area contributed by atoms with E-state index in [1.54, 1.807) is 6.92 Å². The van der Waals surface area contributed by atoms with Gasteiger partial charge >= 0.3 is 11.9 Å². The molecule has 0 aliphatic carbocycles. The second-order valence-electron chi connectivity index (χ2n) is 11.6. The lowest BCUT2D eigenvalue weighted by Crippen LogP contribution is -2.53. The second-order valence-corrected chi connectivity index (χ2v) is 11.6. The number of nitrogens with one attached hydrogen (secondary N) is 1. The third-order valence-electron chi connectivity index (χ3n) is 8.06. The summed E-state index contributed by atoms with van der Waals surface area (Å²) in [5, 5.41) is 25.7. The van der Waals surface area contributed by atoms with E-state index in [4.69, 9.17) is 14.6 Å². The third kappa shape index (κ3) is 5.09. The standard InChI is InChI=1S/C27H39N2O7/c1-15-16(2)23-19(17(3)22(15)35-21(32)10-9-20(30)31)11-12-27(8,36-23)24(33)28-14-18-13-25(4,5)29(34)26(18,6)7/h18H,9-14H2,1-8H3,(H,28,33)(H,30,31). The van der Waals surface area contributed by atoms with Crippen LogP contribution in [-0.4, -0.2) is 51.2 Å². The number of amides is 1. The summed E-state index contributed by atoms with van der Waals surface area (Å²) in [4.78, 5) is 36.3. The monoisotopic (exact) mass is 503 g/mol. The first-order chi connectivity index (χ1) is 16.5. The number of benzene rings is 1. The molecule has 2 aliphatic heterocycles. The number of aliphatic carboxylic acids is 1. The normalized spacial score (nSPS) is 24.5. The van der Waals surface area contributed by atoms with Crippen molar-refractivity contribution >= 4 is 17.8 Å². The summed E-state index contributed by atoms with van der Waals surface area (Å²) in [6, 6.07) is 0. The lowest BCUT2D eigenvalue weighted by atomic mass is 9.85. The third-order valence-corrected chi connectivity index (χ3v) is 8.06. The molecule has 0 bridgehead atoms. The van der Waals surface area contributed by atoms with Crippen molar-refractivity contribution in [2.45, 2.75) is 104 Å². The molecule has 9 heteroatoms. The van der Waals surface area contributed by atoms with Crippen LogP contribution in [0.3, 0.4) is 0 Å². The van der Waals surface area contributed by atoms with Crippen LogP contribution in [0.5, 0.6) is 11.5 Å². The molecule has 1 fully saturated rings. The van der Waals surface area contributed by atoms with Gasteiger partial charge in [-0.1, -0.05) is 0 Å². The Morgan fingerprint density at radius 3 is 2.25 bits per heavy atom. The van der Waals surface area contributed by atoms with Crippen molar-refractivity contribution in [1.29, 1.82) is 0 Å². The van der Waals surface area contributed by atoms with Crippen molar-refractivity contribution in [2.75, 3.05) is 6.54 Å². The molecular formula is C27H39N2O7. The number of rotatable bonds is 7. The average Bonchev–Trinajstić information content (AvgIpc) is 2.95. The molecule has 1 saturated heterocycles. The minimum absolute atomic E-state index is 0.0121. The summed E-state index contributed by atoms with van der Waals surface area (Å²) < 4.78 is 11.9. The van der Waals surface area contributed by atoms with Gasteiger partial charge in [-0.25, -0.2) is 0 Å². The van der Waals surface area contributed by atoms with E-state index in [9.17, 15) is 19.6 Å². The molecule has 3 rings (SSSR count). The van der Waals surface area contributed by atoms with Gasteiger partial charge in [0.2, 0.25) is 0 Å². The topological polar surface area (TPSA) is 125 Å². The predicted octanol–water partition coefficient (Wildman–Crippen LogP) is 3.81. The summed E-state index contributed by atoms with van der Waals surface area (Å²) in [6.07, 6.45) is 1.19. The maximum absolute atomic E-state index is 13.3. The summed E-state index contributed by atoms with van der Waals surface area (Å²) in [5.41, 5.74) is 0.979. The van der Waals surface area contributed by atoms with Crippen LogP contribution in [0, 0.1) is 26.7 Å². The first-order valence-electron chi connectivity index (χ1n) is 12.5. The fourth-order valence-corrected chi connectivity index (χ4v) is 5.53. The highest BCUT2D eigenvalue weighted by Gasteiger charge is 2.52. The van der Waals surface area contributed by atoms with Crippen LogP contribution in [0.4, 0.5) is 0 Å². The molecule has 1 aromatic carbocycles. The van der Waals surface area contributed by atoms with Crippen molar-refractivity contribution in [3.8, 4) is 11.5 Å². The highest BCUT2D eigenvalue weighted by atomic mass is 16.5. The van der Waals surface area contributed by atoms with Gasteiger partial charge in [0.25, 0.3) is 5.91 Å². The van der Waals surface area contributed by atoms with Crippen molar-refractivity contribution in [3.63, 3.8) is 0 Å². The number of nitrogens with zero attached hydrogens (tertiary/aromatic N) is 1. The van der Waals surface area contributed by atoms with Crippen molar-refractivity contribution < 1.29 is 34.2 Å². The molecule has 199 valence electrons. The van der Waals surface area contributed by atoms with Gasteiger partial charge in [0, 0.05) is 29.6 Å². The highest BCUT2D eigenvalue weighted by molar-refractivity contribution is 5.86. The Morgan fingerprint density at radius 2 is 1.69 bits per heavy atom. The van der Waals surface area contributed by atoms with E-state index in [1.165, 1.54) is 0 Å². The van der Waals surface area contributed by atoms with Crippen LogP contribution < -0.4 is 14.8 Å². The zero-order chi connectivity index (χ0) is 27.2. The molecule has 2 aliphatic rings. The minimum atomic E-state index is -1.08. The second kappa shape index (κ2) is 9.67. The van der Waals surface area contributed by atoms with E-state index in [2.05, 4.69) is 5.32 Å². The number of hydrogen-bond donors (Lipinski definition) is 2. The molecule has 9 nitrogen and oxygen atoms in total. The Bertz CT molecular complexity index is 1080. The van der Waals surface area contributed by atoms with Crippen LogP contribution in [0.1, 0.15) is 82.6 Å². The van der Waals surface area contributed by atoms with Crippen LogP contribution in [-0.2, 0) is 26.0 Å². The SMILES string of the molecule is Cc1c(C)c2c(c(C)c1OC(=O)CCC(=O)O)CCC(C)(C(=O)NCC1CC(C)(C)N([O])C1(C)C)O2. The number of hydrogen-bond acceptors (Lipinski definition) is 6. The largest absolute Gasteiger partial charge is 0.481 e. The van der Waals surface area contributed by atoms with Crippen LogP contribution in [0.2, 0.25) is 0 Å². The zero-order valence-electron chi connectivity index (χ0n) is 22.7. The summed E-state index contributed by atoms with van der Waals surface area (Å²) in [5.74, 6) is -0.820. The van der Waals surface area contributed by atoms with Gasteiger partial charge in [0.1, 0.15) is 11.5 Å². The molecule has 0 spiro atoms. The average molecular weight is 504 g/mol. The molecular weight excluding hydrogens is 464 g/mol. The lowest BCUT2D eigenvalue weighted by Gasteiger charge is -2.38. The number of ether oxygens (including phenoxy) is 2. The van der Waals surface area contributed by atoms with Gasteiger partial charge in [-0.2, -0.15) is 0 Å². The number of carbonyl (C=O) groups excluding carboxylic acids is 2. The van der Waals surface area contributed by atoms with Crippen LogP contribution in [0.25, 0.3) is 0 Å². The highest BCUT2D eigenvalue weighted by Crippen LogP contribution is 2.45. The Labute approximate surface area is 213 Å². The maximum Gasteiger partial charge on any atom is 0.311 e. The van der Waals surface area contributed by atoms with E-state index in [0.29, 0.717) is 42.9 Å². The smallest absolute Gasteiger partial charge is 0.311 e. The van der Waals surface area contributed by atoms with Gasteiger partial charge in [0.15, 0.2) is 5.60 Å². The maximum atomic E-state index is 13.3. The van der Waals surface area contributed by atoms with E-state index in [0.717, 1.165) is 21.8 Å². The van der Waals surface area contributed by atoms with Gasteiger partial charge in [-0.3, -0.25) is 14.4 Å². The fourth-order valence-electron chi connectivity index (χ4n) is 5.53. The van der Waals surface area contributed by atoms with Crippen LogP contribution >= 0.6 is 0 Å². The summed E-state index contributed by atoms with van der Waals surface area (Å²) in [6.45, 7) is 15.4. The van der Waals surface area contributed by atoms with E-state index >= 15 is 0 Å². The number of fused-ring (bicyclic) bond motifs is 1. The van der Waals surface area contributed by atoms with E-state index < -0.39 is 28.6 Å². The number of hydroxylamine groups is 2. The van der Waals surface area contributed by atoms with E-state index in [1.807, 2.05) is 48.5 Å².